The average Bonchev–Trinajstić information content (AvgIpc) is 3.30. The van der Waals surface area contributed by atoms with Crippen molar-refractivity contribution in [3.63, 3.8) is 0 Å². The quantitative estimate of drug-likeness (QED) is 0.549. The fourth-order valence-electron chi connectivity index (χ4n) is 3.10. The van der Waals surface area contributed by atoms with E-state index in [0.29, 0.717) is 10.5 Å². The number of carbonyl (C=O) groups excluding carboxylic acids is 1. The van der Waals surface area contributed by atoms with E-state index in [2.05, 4.69) is 5.32 Å². The van der Waals surface area contributed by atoms with Gasteiger partial charge in [0.2, 0.25) is 0 Å². The molecule has 1 aliphatic rings. The highest BCUT2D eigenvalue weighted by Gasteiger charge is 2.35. The van der Waals surface area contributed by atoms with Crippen LogP contribution in [0.1, 0.15) is 28.8 Å². The summed E-state index contributed by atoms with van der Waals surface area (Å²) in [6.07, 6.45) is 0.0926. The lowest BCUT2D eigenvalue weighted by atomic mass is 10.0. The van der Waals surface area contributed by atoms with Gasteiger partial charge in [-0.15, -0.1) is 0 Å². The van der Waals surface area contributed by atoms with Crippen molar-refractivity contribution in [2.75, 3.05) is 6.54 Å². The van der Waals surface area contributed by atoms with Crippen molar-refractivity contribution in [2.45, 2.75) is 31.3 Å². The number of carbonyl (C=O) groups is 4. The van der Waals surface area contributed by atoms with Crippen LogP contribution in [0.25, 0.3) is 0 Å². The fourth-order valence-corrected chi connectivity index (χ4v) is 3.10. The van der Waals surface area contributed by atoms with Crippen LogP contribution < -0.4 is 5.32 Å². The molecule has 2 amide bonds. The topological polar surface area (TPSA) is 144 Å². The molecule has 2 aromatic rings. The van der Waals surface area contributed by atoms with Crippen LogP contribution in [-0.4, -0.2) is 62.8 Å². The molecule has 1 heterocycles. The van der Waals surface area contributed by atoms with Gasteiger partial charge in [0.25, 0.3) is 5.91 Å². The smallest absolute Gasteiger partial charge is 0.415 e. The van der Waals surface area contributed by atoms with Gasteiger partial charge in [-0.3, -0.25) is 9.59 Å². The van der Waals surface area contributed by atoms with Gasteiger partial charge in [-0.1, -0.05) is 48.5 Å². The monoisotopic (exact) mass is 428 g/mol. The Morgan fingerprint density at radius 2 is 1.52 bits per heavy atom. The maximum absolute atomic E-state index is 12.4. The summed E-state index contributed by atoms with van der Waals surface area (Å²) in [5.74, 6) is -2.95. The summed E-state index contributed by atoms with van der Waals surface area (Å²) in [7, 11) is 0. The first-order chi connectivity index (χ1) is 14.8. The van der Waals surface area contributed by atoms with E-state index < -0.39 is 30.0 Å². The number of imide groups is 1. The Morgan fingerprint density at radius 1 is 0.935 bits per heavy atom. The van der Waals surface area contributed by atoms with Gasteiger partial charge in [0.1, 0.15) is 12.1 Å². The van der Waals surface area contributed by atoms with Crippen molar-refractivity contribution in [3.05, 3.63) is 71.8 Å². The third-order valence-corrected chi connectivity index (χ3v) is 4.67. The Bertz CT molecular complexity index is 897. The molecule has 164 valence electrons. The molecule has 0 aliphatic carbocycles. The molecule has 0 saturated carbocycles. The summed E-state index contributed by atoms with van der Waals surface area (Å²) in [5.41, 5.74) is 0.751. The number of hydrogen-bond donors (Lipinski definition) is 4. The molecule has 9 nitrogen and oxygen atoms in total. The van der Waals surface area contributed by atoms with Crippen LogP contribution in [0.3, 0.4) is 0 Å². The van der Waals surface area contributed by atoms with Crippen LogP contribution in [-0.2, 0) is 16.0 Å². The molecule has 31 heavy (non-hydrogen) atoms. The number of hydrogen-bond acceptors (Lipinski definition) is 5. The molecule has 9 heteroatoms. The van der Waals surface area contributed by atoms with E-state index in [1.54, 1.807) is 48.5 Å². The first kappa shape index (κ1) is 23.6. The minimum atomic E-state index is -1.60. The fraction of sp³-hybridized carbons (Fsp3) is 0.273. The van der Waals surface area contributed by atoms with Gasteiger partial charge < -0.3 is 20.6 Å². The van der Waals surface area contributed by atoms with Crippen molar-refractivity contribution in [1.29, 1.82) is 0 Å². The zero-order valence-electron chi connectivity index (χ0n) is 16.7. The molecule has 1 saturated heterocycles. The van der Waals surface area contributed by atoms with Crippen molar-refractivity contribution in [3.8, 4) is 0 Å². The van der Waals surface area contributed by atoms with Gasteiger partial charge in [-0.05, 0) is 37.1 Å². The van der Waals surface area contributed by atoms with Crippen LogP contribution in [0, 0.1) is 0 Å². The molecule has 1 fully saturated rings. The van der Waals surface area contributed by atoms with Crippen LogP contribution in [0.5, 0.6) is 0 Å². The van der Waals surface area contributed by atoms with E-state index in [1.807, 2.05) is 0 Å². The lowest BCUT2D eigenvalue weighted by Gasteiger charge is -2.24. The molecular formula is C22H24N2O7. The summed E-state index contributed by atoms with van der Waals surface area (Å²) < 4.78 is 0. The molecule has 0 aromatic heterocycles. The van der Waals surface area contributed by atoms with Gasteiger partial charge >= 0.3 is 18.0 Å². The van der Waals surface area contributed by atoms with Gasteiger partial charge in [-0.2, -0.15) is 0 Å². The van der Waals surface area contributed by atoms with Crippen LogP contribution >= 0.6 is 0 Å². The first-order valence-corrected chi connectivity index (χ1v) is 9.65. The summed E-state index contributed by atoms with van der Waals surface area (Å²) in [6.45, 7) is 0.858. The van der Waals surface area contributed by atoms with Crippen molar-refractivity contribution >= 4 is 23.9 Å². The maximum Gasteiger partial charge on any atom is 0.415 e. The van der Waals surface area contributed by atoms with Crippen molar-refractivity contribution in [2.24, 2.45) is 0 Å². The van der Waals surface area contributed by atoms with E-state index in [1.165, 1.54) is 12.1 Å². The highest BCUT2D eigenvalue weighted by atomic mass is 16.4. The molecule has 0 bridgehead atoms. The van der Waals surface area contributed by atoms with E-state index >= 15 is 0 Å². The van der Waals surface area contributed by atoms with Gasteiger partial charge in [0.15, 0.2) is 0 Å². The molecule has 1 aliphatic heterocycles. The van der Waals surface area contributed by atoms with E-state index in [4.69, 9.17) is 5.11 Å². The Morgan fingerprint density at radius 3 is 1.94 bits per heavy atom. The second-order valence-electron chi connectivity index (χ2n) is 6.85. The zero-order chi connectivity index (χ0) is 22.8. The highest BCUT2D eigenvalue weighted by Crippen LogP contribution is 2.14. The summed E-state index contributed by atoms with van der Waals surface area (Å²) >= 11 is 0. The average molecular weight is 428 g/mol. The van der Waals surface area contributed by atoms with Gasteiger partial charge in [0.05, 0.1) is 0 Å². The molecule has 0 unspecified atom stereocenters. The Labute approximate surface area is 178 Å². The molecule has 2 atom stereocenters. The van der Waals surface area contributed by atoms with Crippen LogP contribution in [0.15, 0.2) is 60.7 Å². The number of amides is 2. The number of aliphatic carboxylic acids is 2. The van der Waals surface area contributed by atoms with Gasteiger partial charge in [0, 0.05) is 12.0 Å². The molecule has 0 radical (unpaired) electrons. The van der Waals surface area contributed by atoms with Crippen molar-refractivity contribution in [1.82, 2.24) is 10.2 Å². The van der Waals surface area contributed by atoms with E-state index in [9.17, 15) is 29.4 Å². The minimum absolute atomic E-state index is 0.0962. The first-order valence-electron chi connectivity index (χ1n) is 9.65. The van der Waals surface area contributed by atoms with Crippen LogP contribution in [0.2, 0.25) is 0 Å². The van der Waals surface area contributed by atoms with Crippen LogP contribution in [0.4, 0.5) is 4.79 Å². The predicted molar refractivity (Wildman–Crippen MR) is 111 cm³/mol. The number of carboxylic acid groups (broad SMARTS) is 3. The molecule has 3 rings (SSSR count). The standard InChI is InChI=1S/C17H15NO5.C5H9NO2/c19-15(13-9-5-2-6-10-13)18(17(22)23)14(16(20)21)11-12-7-3-1-4-8-12;7-5(8)4-2-1-3-6-4/h1-10,14H,11H2,(H,20,21)(H,22,23);4,6H,1-3H2,(H,7,8)/t14-;4-/m10/s1. The van der Waals surface area contributed by atoms with Crippen molar-refractivity contribution < 1.29 is 34.5 Å². The Kier molecular flexibility index (Phi) is 8.71. The maximum atomic E-state index is 12.4. The third kappa shape index (κ3) is 6.93. The highest BCUT2D eigenvalue weighted by molar-refractivity contribution is 6.05. The Balaban J connectivity index is 0.000000357. The third-order valence-electron chi connectivity index (χ3n) is 4.67. The second kappa shape index (κ2) is 11.5. The summed E-state index contributed by atoms with van der Waals surface area (Å²) in [4.78, 5) is 45.9. The molecule has 2 aromatic carbocycles. The zero-order valence-corrected chi connectivity index (χ0v) is 16.7. The number of benzene rings is 2. The van der Waals surface area contributed by atoms with Gasteiger partial charge in [-0.25, -0.2) is 14.5 Å². The molecule has 4 N–H and O–H groups in total. The summed E-state index contributed by atoms with van der Waals surface area (Å²) in [5, 5.41) is 29.9. The predicted octanol–water partition coefficient (Wildman–Crippen LogP) is 2.33. The number of nitrogens with one attached hydrogen (secondary N) is 1. The molecule has 0 spiro atoms. The summed E-state index contributed by atoms with van der Waals surface area (Å²) in [6, 6.07) is 14.5. The lowest BCUT2D eigenvalue weighted by molar-refractivity contribution is -0.142. The number of rotatable bonds is 6. The second-order valence-corrected chi connectivity index (χ2v) is 6.85. The SMILES string of the molecule is O=C(O)[C@@H](Cc1ccccc1)N(C(=O)O)C(=O)c1ccccc1.O=C(O)[C@@H]1CCCN1. The normalized spacial score (nSPS) is 15.8. The largest absolute Gasteiger partial charge is 0.480 e. The lowest BCUT2D eigenvalue weighted by Crippen LogP contribution is -2.49. The Hall–Kier alpha value is -3.72. The number of nitrogens with zero attached hydrogens (tertiary/aromatic N) is 1. The van der Waals surface area contributed by atoms with E-state index in [0.717, 1.165) is 19.4 Å². The van der Waals surface area contributed by atoms with E-state index in [-0.39, 0.29) is 18.0 Å². The number of carboxylic acids is 2. The molecular weight excluding hydrogens is 404 g/mol. The minimum Gasteiger partial charge on any atom is -0.480 e.